The number of alkyl halides is 1. The molecule has 0 bridgehead atoms. The highest BCUT2D eigenvalue weighted by molar-refractivity contribution is 9.09. The molecule has 0 radical (unpaired) electrons. The molecule has 1 aliphatic rings. The van der Waals surface area contributed by atoms with Gasteiger partial charge in [0.05, 0.1) is 6.61 Å². The van der Waals surface area contributed by atoms with Gasteiger partial charge in [-0.1, -0.05) is 15.9 Å². The molecule has 0 N–H and O–H groups in total. The van der Waals surface area contributed by atoms with Crippen molar-refractivity contribution in [1.29, 1.82) is 0 Å². The summed E-state index contributed by atoms with van der Waals surface area (Å²) in [4.78, 5) is 11.3. The molecule has 0 aromatic heterocycles. The summed E-state index contributed by atoms with van der Waals surface area (Å²) in [7, 11) is -3.17. The first-order valence-corrected chi connectivity index (χ1v) is 5.92. The van der Waals surface area contributed by atoms with Gasteiger partial charge in [-0.2, -0.15) is 13.6 Å². The van der Waals surface area contributed by atoms with Crippen LogP contribution in [0.1, 0.15) is 6.92 Å². The molecule has 66 valence electrons. The number of halogens is 1. The minimum Gasteiger partial charge on any atom is -0.606 e. The molecule has 11 heavy (non-hydrogen) atoms. The van der Waals surface area contributed by atoms with Crippen LogP contribution in [0.2, 0.25) is 0 Å². The number of hydrogen-bond donors (Lipinski definition) is 0. The second-order valence-electron chi connectivity index (χ2n) is 2.04. The molecule has 2 unspecified atom stereocenters. The lowest BCUT2D eigenvalue weighted by Crippen LogP contribution is -2.15. The van der Waals surface area contributed by atoms with Crippen LogP contribution in [0.15, 0.2) is 0 Å². The van der Waals surface area contributed by atoms with Crippen LogP contribution in [0, 0.1) is 0 Å². The maximum absolute atomic E-state index is 11.3. The van der Waals surface area contributed by atoms with E-state index in [1.54, 1.807) is 6.92 Å². The van der Waals surface area contributed by atoms with Crippen molar-refractivity contribution in [2.24, 2.45) is 0 Å². The topological polar surface area (TPSA) is 50.8 Å². The lowest BCUT2D eigenvalue weighted by molar-refractivity contribution is -0.237. The van der Waals surface area contributed by atoms with Crippen molar-refractivity contribution in [3.63, 3.8) is 0 Å². The third-order valence-corrected chi connectivity index (χ3v) is 3.47. The van der Waals surface area contributed by atoms with Crippen LogP contribution in [0.3, 0.4) is 0 Å². The van der Waals surface area contributed by atoms with Gasteiger partial charge in [0.15, 0.2) is 0 Å². The largest absolute Gasteiger partial charge is 0.606 e. The Morgan fingerprint density at radius 1 is 1.82 bits per heavy atom. The quantitative estimate of drug-likeness (QED) is 0.546. The number of phosphoric acid groups is 1. The molecule has 0 saturated carbocycles. The molecule has 1 aliphatic heterocycles. The molecule has 1 rings (SSSR count). The van der Waals surface area contributed by atoms with Gasteiger partial charge >= 0.3 is 8.17 Å². The van der Waals surface area contributed by atoms with E-state index in [0.717, 1.165) is 0 Å². The van der Waals surface area contributed by atoms with E-state index in [1.807, 2.05) is 0 Å². The van der Waals surface area contributed by atoms with Crippen molar-refractivity contribution in [2.75, 3.05) is 18.5 Å². The predicted molar refractivity (Wildman–Crippen MR) is 43.2 cm³/mol. The van der Waals surface area contributed by atoms with E-state index in [1.165, 1.54) is 0 Å². The molecule has 2 atom stereocenters. The smallest absolute Gasteiger partial charge is 0.379 e. The Labute approximate surface area is 74.6 Å². The van der Waals surface area contributed by atoms with Crippen LogP contribution in [0.4, 0.5) is 0 Å². The Bertz CT molecular complexity index is 136. The van der Waals surface area contributed by atoms with Crippen LogP contribution in [-0.4, -0.2) is 24.6 Å². The molecular weight excluding hydrogens is 235 g/mol. The summed E-state index contributed by atoms with van der Waals surface area (Å²) in [5, 5.41) is 0.615. The van der Waals surface area contributed by atoms with Gasteiger partial charge in [0, 0.05) is 5.33 Å². The summed E-state index contributed by atoms with van der Waals surface area (Å²) in [5.74, 6) is 0. The van der Waals surface area contributed by atoms with Gasteiger partial charge in [0.2, 0.25) is 0 Å². The van der Waals surface area contributed by atoms with Gasteiger partial charge in [-0.25, -0.2) is 0 Å². The van der Waals surface area contributed by atoms with Gasteiger partial charge in [0.25, 0.3) is 0 Å². The molecule has 0 aliphatic carbocycles. The third-order valence-electron chi connectivity index (χ3n) is 1.16. The Hall–Kier alpha value is 0.750. The van der Waals surface area contributed by atoms with Gasteiger partial charge < -0.3 is 4.89 Å². The zero-order valence-corrected chi connectivity index (χ0v) is 8.64. The molecule has 0 aromatic rings. The van der Waals surface area contributed by atoms with E-state index < -0.39 is 8.17 Å². The summed E-state index contributed by atoms with van der Waals surface area (Å²) >= 11 is 3.20. The summed E-state index contributed by atoms with van der Waals surface area (Å²) in [6.45, 7) is 2.42. The Morgan fingerprint density at radius 3 is 3.00 bits per heavy atom. The van der Waals surface area contributed by atoms with E-state index in [9.17, 15) is 4.89 Å². The van der Waals surface area contributed by atoms with Crippen LogP contribution in [-0.2, 0) is 13.6 Å². The molecular formula is C5H10BrO4P. The lowest BCUT2D eigenvalue weighted by Gasteiger charge is -2.17. The Balaban J connectivity index is 2.37. The van der Waals surface area contributed by atoms with Crippen LogP contribution >= 0.6 is 24.1 Å². The fourth-order valence-electron chi connectivity index (χ4n) is 0.716. The molecule has 0 amide bonds. The monoisotopic (exact) mass is 244 g/mol. The van der Waals surface area contributed by atoms with Crippen LogP contribution in [0.5, 0.6) is 0 Å². The maximum Gasteiger partial charge on any atom is 0.379 e. The van der Waals surface area contributed by atoms with Crippen molar-refractivity contribution in [2.45, 2.75) is 13.0 Å². The van der Waals surface area contributed by atoms with Gasteiger partial charge in [-0.05, 0) is 6.92 Å². The highest BCUT2D eigenvalue weighted by Crippen LogP contribution is 2.58. The van der Waals surface area contributed by atoms with Crippen molar-refractivity contribution in [1.82, 2.24) is 0 Å². The molecule has 6 heteroatoms. The summed E-state index contributed by atoms with van der Waals surface area (Å²) in [5.41, 5.74) is 0. The van der Waals surface area contributed by atoms with E-state index in [-0.39, 0.29) is 6.10 Å². The van der Waals surface area contributed by atoms with Gasteiger partial charge in [0.1, 0.15) is 12.7 Å². The van der Waals surface area contributed by atoms with Gasteiger partial charge in [-0.3, -0.25) is 0 Å². The van der Waals surface area contributed by atoms with Crippen molar-refractivity contribution in [3.05, 3.63) is 0 Å². The molecule has 4 nitrogen and oxygen atoms in total. The summed E-state index contributed by atoms with van der Waals surface area (Å²) < 4.78 is 14.7. The highest BCUT2D eigenvalue weighted by atomic mass is 79.9. The molecule has 1 heterocycles. The fraction of sp³-hybridized carbons (Fsp3) is 1.00. The van der Waals surface area contributed by atoms with Crippen molar-refractivity contribution >= 4 is 24.1 Å². The highest BCUT2D eigenvalue weighted by Gasteiger charge is 2.43. The minimum atomic E-state index is -3.17. The van der Waals surface area contributed by atoms with Crippen molar-refractivity contribution < 1.29 is 18.5 Å². The predicted octanol–water partition coefficient (Wildman–Crippen LogP) is 0.871. The second-order valence-corrected chi connectivity index (χ2v) is 4.31. The zero-order chi connectivity index (χ0) is 8.32. The number of hydrogen-bond acceptors (Lipinski definition) is 4. The summed E-state index contributed by atoms with van der Waals surface area (Å²) in [6.07, 6.45) is -0.146. The first-order valence-electron chi connectivity index (χ1n) is 3.33. The molecule has 1 fully saturated rings. The normalized spacial score (nSPS) is 37.9. The van der Waals surface area contributed by atoms with Gasteiger partial charge in [-0.15, -0.1) is 0 Å². The Morgan fingerprint density at radius 2 is 2.55 bits per heavy atom. The fourth-order valence-corrected chi connectivity index (χ4v) is 2.60. The number of phosphoric ester groups is 1. The average molecular weight is 245 g/mol. The third kappa shape index (κ3) is 2.61. The van der Waals surface area contributed by atoms with E-state index in [4.69, 9.17) is 13.6 Å². The standard InChI is InChI=1S/C5H10BrO4P/c1-2-8-11(7)9-4-5(3-6)10-11/h5H,2-4H2,1H3. The molecule has 0 aromatic carbocycles. The minimum absolute atomic E-state index is 0.146. The zero-order valence-electron chi connectivity index (χ0n) is 6.16. The SMILES string of the molecule is CCO[P+]1([O-])OCC(CBr)O1. The van der Waals surface area contributed by atoms with E-state index in [0.29, 0.717) is 18.5 Å². The summed E-state index contributed by atoms with van der Waals surface area (Å²) in [6, 6.07) is 0. The molecule has 1 saturated heterocycles. The lowest BCUT2D eigenvalue weighted by atomic mass is 10.5. The number of rotatable bonds is 3. The molecule has 0 spiro atoms. The van der Waals surface area contributed by atoms with Crippen LogP contribution < -0.4 is 4.89 Å². The van der Waals surface area contributed by atoms with E-state index >= 15 is 0 Å². The Kier molecular flexibility index (Phi) is 3.68. The average Bonchev–Trinajstić information content (AvgIpc) is 2.33. The maximum atomic E-state index is 11.3. The van der Waals surface area contributed by atoms with E-state index in [2.05, 4.69) is 15.9 Å². The first kappa shape index (κ1) is 9.84. The van der Waals surface area contributed by atoms with Crippen LogP contribution in [0.25, 0.3) is 0 Å². The van der Waals surface area contributed by atoms with Crippen molar-refractivity contribution in [3.8, 4) is 0 Å². The second kappa shape index (κ2) is 4.12. The first-order chi connectivity index (χ1) is 5.20.